The molecule has 130 valence electrons. The van der Waals surface area contributed by atoms with E-state index in [4.69, 9.17) is 15.2 Å². The molecule has 3 aromatic rings. The summed E-state index contributed by atoms with van der Waals surface area (Å²) < 4.78 is 11.4. The summed E-state index contributed by atoms with van der Waals surface area (Å²) in [6.45, 7) is 5.36. The fourth-order valence-electron chi connectivity index (χ4n) is 2.34. The number of aromatic amines is 1. The zero-order valence-electron chi connectivity index (χ0n) is 14.5. The van der Waals surface area contributed by atoms with Crippen LogP contribution in [0, 0.1) is 5.92 Å². The monoisotopic (exact) mass is 337 g/mol. The lowest BCUT2D eigenvalue weighted by molar-refractivity contribution is 0.271. The van der Waals surface area contributed by atoms with E-state index < -0.39 is 0 Å². The zero-order chi connectivity index (χ0) is 17.6. The van der Waals surface area contributed by atoms with E-state index in [0.717, 1.165) is 22.7 Å². The van der Waals surface area contributed by atoms with Crippen LogP contribution in [-0.4, -0.2) is 16.8 Å². The Morgan fingerprint density at radius 2 is 1.80 bits per heavy atom. The first-order valence-corrected chi connectivity index (χ1v) is 8.36. The van der Waals surface area contributed by atoms with Crippen LogP contribution >= 0.6 is 0 Å². The van der Waals surface area contributed by atoms with Crippen molar-refractivity contribution < 1.29 is 9.47 Å². The second kappa shape index (κ2) is 7.75. The van der Waals surface area contributed by atoms with Crippen molar-refractivity contribution in [3.05, 3.63) is 60.3 Å². The third-order valence-electron chi connectivity index (χ3n) is 3.67. The van der Waals surface area contributed by atoms with Crippen molar-refractivity contribution in [1.82, 2.24) is 10.2 Å². The van der Waals surface area contributed by atoms with Crippen LogP contribution in [0.2, 0.25) is 0 Å². The van der Waals surface area contributed by atoms with Gasteiger partial charge in [0.05, 0.1) is 23.7 Å². The molecule has 0 aliphatic rings. The highest BCUT2D eigenvalue weighted by Gasteiger charge is 2.06. The van der Waals surface area contributed by atoms with Gasteiger partial charge in [0.2, 0.25) is 0 Å². The third-order valence-corrected chi connectivity index (χ3v) is 3.67. The van der Waals surface area contributed by atoms with Crippen LogP contribution in [0.25, 0.3) is 11.3 Å². The maximum atomic E-state index is 5.88. The molecule has 0 aliphatic heterocycles. The summed E-state index contributed by atoms with van der Waals surface area (Å²) in [7, 11) is 0. The number of para-hydroxylation sites is 2. The molecular formula is C20H23N3O2. The Kier molecular flexibility index (Phi) is 5.23. The minimum absolute atomic E-state index is 0.386. The van der Waals surface area contributed by atoms with E-state index in [2.05, 4.69) is 24.0 Å². The van der Waals surface area contributed by atoms with E-state index in [-0.39, 0.29) is 0 Å². The Morgan fingerprint density at radius 1 is 1.04 bits per heavy atom. The van der Waals surface area contributed by atoms with Crippen LogP contribution in [0.3, 0.4) is 0 Å². The summed E-state index contributed by atoms with van der Waals surface area (Å²) in [5, 5.41) is 7.35. The molecule has 1 heterocycles. The molecule has 0 saturated heterocycles. The fourth-order valence-corrected chi connectivity index (χ4v) is 2.34. The van der Waals surface area contributed by atoms with E-state index in [1.165, 1.54) is 0 Å². The average molecular weight is 337 g/mol. The number of hydrogen-bond acceptors (Lipinski definition) is 4. The van der Waals surface area contributed by atoms with Crippen molar-refractivity contribution in [3.63, 3.8) is 0 Å². The van der Waals surface area contributed by atoms with E-state index in [1.54, 1.807) is 0 Å². The van der Waals surface area contributed by atoms with Crippen molar-refractivity contribution in [2.24, 2.45) is 5.92 Å². The van der Waals surface area contributed by atoms with Crippen LogP contribution in [-0.2, 0) is 6.61 Å². The van der Waals surface area contributed by atoms with Crippen molar-refractivity contribution in [1.29, 1.82) is 0 Å². The number of rotatable bonds is 7. The van der Waals surface area contributed by atoms with Gasteiger partial charge in [-0.1, -0.05) is 26.0 Å². The molecule has 2 aromatic carbocycles. The molecule has 25 heavy (non-hydrogen) atoms. The summed E-state index contributed by atoms with van der Waals surface area (Å²) in [6, 6.07) is 17.4. The lowest BCUT2D eigenvalue weighted by atomic mass is 10.1. The van der Waals surface area contributed by atoms with Gasteiger partial charge in [-0.25, -0.2) is 0 Å². The molecule has 5 nitrogen and oxygen atoms in total. The molecule has 0 radical (unpaired) electrons. The summed E-state index contributed by atoms with van der Waals surface area (Å²) in [5.74, 6) is 2.05. The van der Waals surface area contributed by atoms with E-state index in [1.807, 2.05) is 54.6 Å². The number of nitrogen functional groups attached to an aromatic ring is 1. The van der Waals surface area contributed by atoms with Crippen LogP contribution in [0.15, 0.2) is 54.6 Å². The molecule has 0 amide bonds. The second-order valence-electron chi connectivity index (χ2n) is 6.33. The van der Waals surface area contributed by atoms with Crippen LogP contribution in [0.5, 0.6) is 11.5 Å². The maximum Gasteiger partial charge on any atom is 0.142 e. The molecule has 5 heteroatoms. The average Bonchev–Trinajstić information content (AvgIpc) is 3.09. The summed E-state index contributed by atoms with van der Waals surface area (Å²) in [4.78, 5) is 0. The Labute approximate surface area is 147 Å². The van der Waals surface area contributed by atoms with Gasteiger partial charge in [-0.15, -0.1) is 0 Å². The molecule has 0 aliphatic carbocycles. The predicted molar refractivity (Wildman–Crippen MR) is 99.5 cm³/mol. The van der Waals surface area contributed by atoms with E-state index in [0.29, 0.717) is 30.6 Å². The Hall–Kier alpha value is -2.95. The van der Waals surface area contributed by atoms with Gasteiger partial charge in [0.15, 0.2) is 0 Å². The number of H-pyrrole nitrogens is 1. The minimum Gasteiger partial charge on any atom is -0.493 e. The predicted octanol–water partition coefficient (Wildman–Crippen LogP) is 4.27. The molecule has 0 spiro atoms. The van der Waals surface area contributed by atoms with Gasteiger partial charge < -0.3 is 15.2 Å². The van der Waals surface area contributed by atoms with Crippen molar-refractivity contribution in [2.75, 3.05) is 12.3 Å². The smallest absolute Gasteiger partial charge is 0.142 e. The number of anilines is 1. The standard InChI is InChI=1S/C20H23N3O2/c1-14(2)12-24-17-9-7-15(8-10-17)19-11-16(22-23-19)13-25-20-6-4-3-5-18(20)21/h3-11,14H,12-13,21H2,1-2H3,(H,22,23). The SMILES string of the molecule is CC(C)COc1ccc(-c2cc(COc3ccccc3N)[nH]n2)cc1. The van der Waals surface area contributed by atoms with Gasteiger partial charge in [-0.3, -0.25) is 5.10 Å². The molecule has 0 unspecified atom stereocenters. The van der Waals surface area contributed by atoms with Gasteiger partial charge in [0.1, 0.15) is 18.1 Å². The number of benzene rings is 2. The second-order valence-corrected chi connectivity index (χ2v) is 6.33. The van der Waals surface area contributed by atoms with Gasteiger partial charge in [-0.05, 0) is 48.4 Å². The first kappa shape index (κ1) is 16.9. The van der Waals surface area contributed by atoms with Crippen LogP contribution in [0.1, 0.15) is 19.5 Å². The summed E-state index contributed by atoms with van der Waals surface area (Å²) in [5.41, 5.74) is 9.28. The van der Waals surface area contributed by atoms with Crippen molar-refractivity contribution in [3.8, 4) is 22.8 Å². The lowest BCUT2D eigenvalue weighted by Crippen LogP contribution is -2.04. The van der Waals surface area contributed by atoms with Crippen LogP contribution in [0.4, 0.5) is 5.69 Å². The number of nitrogens with two attached hydrogens (primary N) is 1. The number of aromatic nitrogens is 2. The summed E-state index contributed by atoms with van der Waals surface area (Å²) >= 11 is 0. The molecule has 1 aromatic heterocycles. The Bertz CT molecular complexity index is 810. The number of hydrogen-bond donors (Lipinski definition) is 2. The van der Waals surface area contributed by atoms with Gasteiger partial charge in [0.25, 0.3) is 0 Å². The van der Waals surface area contributed by atoms with Crippen molar-refractivity contribution >= 4 is 5.69 Å². The molecule has 3 N–H and O–H groups in total. The maximum absolute atomic E-state index is 5.88. The van der Waals surface area contributed by atoms with Gasteiger partial charge in [-0.2, -0.15) is 5.10 Å². The Balaban J connectivity index is 1.62. The topological polar surface area (TPSA) is 73.2 Å². The molecular weight excluding hydrogens is 314 g/mol. The quantitative estimate of drug-likeness (QED) is 0.631. The van der Waals surface area contributed by atoms with Gasteiger partial charge in [0, 0.05) is 5.56 Å². The van der Waals surface area contributed by atoms with Crippen molar-refractivity contribution in [2.45, 2.75) is 20.5 Å². The minimum atomic E-state index is 0.386. The number of ether oxygens (including phenoxy) is 2. The summed E-state index contributed by atoms with van der Waals surface area (Å²) in [6.07, 6.45) is 0. The molecule has 0 atom stereocenters. The highest BCUT2D eigenvalue weighted by molar-refractivity contribution is 5.60. The highest BCUT2D eigenvalue weighted by Crippen LogP contribution is 2.24. The normalized spacial score (nSPS) is 10.8. The van der Waals surface area contributed by atoms with Gasteiger partial charge >= 0.3 is 0 Å². The third kappa shape index (κ3) is 4.53. The Morgan fingerprint density at radius 3 is 2.52 bits per heavy atom. The molecule has 0 fully saturated rings. The fraction of sp³-hybridized carbons (Fsp3) is 0.250. The van der Waals surface area contributed by atoms with Crippen LogP contribution < -0.4 is 15.2 Å². The first-order valence-electron chi connectivity index (χ1n) is 8.36. The molecule has 0 bridgehead atoms. The lowest BCUT2D eigenvalue weighted by Gasteiger charge is -2.08. The van der Waals surface area contributed by atoms with E-state index >= 15 is 0 Å². The highest BCUT2D eigenvalue weighted by atomic mass is 16.5. The largest absolute Gasteiger partial charge is 0.493 e. The molecule has 0 saturated carbocycles. The number of nitrogens with zero attached hydrogens (tertiary/aromatic N) is 1. The van der Waals surface area contributed by atoms with E-state index in [9.17, 15) is 0 Å². The first-order chi connectivity index (χ1) is 12.1. The number of nitrogens with one attached hydrogen (secondary N) is 1. The molecule has 3 rings (SSSR count). The zero-order valence-corrected chi connectivity index (χ0v) is 14.5.